The second-order valence-corrected chi connectivity index (χ2v) is 12.6. The van der Waals surface area contributed by atoms with Crippen LogP contribution in [0, 0.1) is 0 Å². The minimum absolute atomic E-state index is 0.0307. The molecule has 0 bridgehead atoms. The van der Waals surface area contributed by atoms with Crippen molar-refractivity contribution in [2.75, 3.05) is 31.6 Å². The van der Waals surface area contributed by atoms with Crippen molar-refractivity contribution in [2.24, 2.45) is 0 Å². The van der Waals surface area contributed by atoms with E-state index in [9.17, 15) is 18.0 Å². The lowest BCUT2D eigenvalue weighted by molar-refractivity contribution is -0.140. The number of unbranched alkanes of at least 4 members (excludes halogenated alkanes) is 1. The number of carbonyl (C=O) groups is 2. The minimum Gasteiger partial charge on any atom is -0.497 e. The Bertz CT molecular complexity index is 1680. The van der Waals surface area contributed by atoms with E-state index in [0.717, 1.165) is 28.3 Å². The molecule has 0 unspecified atom stereocenters. The van der Waals surface area contributed by atoms with Crippen LogP contribution in [0.4, 0.5) is 5.69 Å². The summed E-state index contributed by atoms with van der Waals surface area (Å²) in [7, 11) is -1.16. The van der Waals surface area contributed by atoms with Crippen LogP contribution in [0.15, 0.2) is 114 Å². The van der Waals surface area contributed by atoms with Crippen molar-refractivity contribution < 1.29 is 27.5 Å². The van der Waals surface area contributed by atoms with Gasteiger partial charge in [0.1, 0.15) is 24.1 Å². The van der Waals surface area contributed by atoms with Gasteiger partial charge in [-0.25, -0.2) is 8.42 Å². The fourth-order valence-corrected chi connectivity index (χ4v) is 6.47. The largest absolute Gasteiger partial charge is 0.497 e. The van der Waals surface area contributed by atoms with E-state index in [-0.39, 0.29) is 29.5 Å². The van der Waals surface area contributed by atoms with Crippen LogP contribution in [0.1, 0.15) is 30.9 Å². The molecule has 0 radical (unpaired) electrons. The van der Waals surface area contributed by atoms with Gasteiger partial charge < -0.3 is 19.7 Å². The summed E-state index contributed by atoms with van der Waals surface area (Å²) in [6, 6.07) is 30.3. The maximum Gasteiger partial charge on any atom is 0.264 e. The van der Waals surface area contributed by atoms with Crippen LogP contribution in [0.25, 0.3) is 0 Å². The van der Waals surface area contributed by atoms with Gasteiger partial charge in [0.15, 0.2) is 0 Å². The van der Waals surface area contributed by atoms with Gasteiger partial charge in [0.2, 0.25) is 11.8 Å². The van der Waals surface area contributed by atoms with E-state index in [2.05, 4.69) is 5.32 Å². The van der Waals surface area contributed by atoms with Crippen molar-refractivity contribution in [3.63, 3.8) is 0 Å². The summed E-state index contributed by atoms with van der Waals surface area (Å²) in [5.74, 6) is 0.175. The van der Waals surface area contributed by atoms with E-state index in [1.807, 2.05) is 49.4 Å². The lowest BCUT2D eigenvalue weighted by atomic mass is 10.0. The Kier molecular flexibility index (Phi) is 12.2. The summed E-state index contributed by atoms with van der Waals surface area (Å²) in [4.78, 5) is 29.9. The molecule has 0 saturated heterocycles. The van der Waals surface area contributed by atoms with E-state index < -0.39 is 28.5 Å². The van der Waals surface area contributed by atoms with Crippen molar-refractivity contribution in [1.82, 2.24) is 10.2 Å². The Morgan fingerprint density at radius 3 is 2.04 bits per heavy atom. The predicted octanol–water partition coefficient (Wildman–Crippen LogP) is 5.46. The average Bonchev–Trinajstić information content (AvgIpc) is 3.09. The number of nitrogens with one attached hydrogen (secondary N) is 1. The van der Waals surface area contributed by atoms with Crippen molar-refractivity contribution in [3.8, 4) is 11.5 Å². The van der Waals surface area contributed by atoms with E-state index >= 15 is 0 Å². The third-order valence-electron chi connectivity index (χ3n) is 7.54. The van der Waals surface area contributed by atoms with Crippen LogP contribution in [0.2, 0.25) is 0 Å². The number of carbonyl (C=O) groups excluding carboxylic acids is 2. The SMILES string of the molecule is CCCCNC(=O)[C@H](Cc1ccccc1)N(Cc1cccc(OC)c1)C(=O)CN(c1cccc(OC)c1)S(=O)(=O)c1ccccc1. The molecule has 0 aliphatic carbocycles. The van der Waals surface area contributed by atoms with E-state index in [1.165, 1.54) is 24.1 Å². The minimum atomic E-state index is -4.20. The molecule has 46 heavy (non-hydrogen) atoms. The summed E-state index contributed by atoms with van der Waals surface area (Å²) < 4.78 is 40.1. The first-order valence-corrected chi connectivity index (χ1v) is 16.7. The van der Waals surface area contributed by atoms with E-state index in [1.54, 1.807) is 61.7 Å². The third kappa shape index (κ3) is 8.88. The first kappa shape index (κ1) is 34.1. The van der Waals surface area contributed by atoms with Crippen molar-refractivity contribution >= 4 is 27.5 Å². The highest BCUT2D eigenvalue weighted by atomic mass is 32.2. The van der Waals surface area contributed by atoms with Gasteiger partial charge in [-0.1, -0.05) is 80.1 Å². The molecule has 0 spiro atoms. The number of hydrogen-bond donors (Lipinski definition) is 1. The molecule has 2 amide bonds. The Morgan fingerprint density at radius 1 is 0.783 bits per heavy atom. The Hall–Kier alpha value is -4.83. The standard InChI is InChI=1S/C36H41N3O6S/c1-4-5-22-37-36(41)34(24-28-14-8-6-9-15-28)38(26-29-16-12-18-31(23-29)44-2)35(40)27-39(30-17-13-19-32(25-30)45-3)46(42,43)33-20-10-7-11-21-33/h6-21,23,25,34H,4-5,22,24,26-27H2,1-3H3,(H,37,41)/t34-/m0/s1. The van der Waals surface area contributed by atoms with Crippen molar-refractivity contribution in [1.29, 1.82) is 0 Å². The maximum absolute atomic E-state index is 14.6. The highest BCUT2D eigenvalue weighted by Gasteiger charge is 2.34. The van der Waals surface area contributed by atoms with Crippen LogP contribution in [-0.4, -0.2) is 58.5 Å². The van der Waals surface area contributed by atoms with Crippen LogP contribution in [0.5, 0.6) is 11.5 Å². The second-order valence-electron chi connectivity index (χ2n) is 10.7. The highest BCUT2D eigenvalue weighted by Crippen LogP contribution is 2.28. The first-order chi connectivity index (χ1) is 22.3. The van der Waals surface area contributed by atoms with Gasteiger partial charge in [0.25, 0.3) is 10.0 Å². The highest BCUT2D eigenvalue weighted by molar-refractivity contribution is 7.92. The molecule has 0 aliphatic heterocycles. The van der Waals surface area contributed by atoms with Gasteiger partial charge in [0, 0.05) is 25.6 Å². The molecule has 4 aromatic rings. The summed E-state index contributed by atoms with van der Waals surface area (Å²) >= 11 is 0. The van der Waals surface area contributed by atoms with Crippen LogP contribution < -0.4 is 19.1 Å². The van der Waals surface area contributed by atoms with Gasteiger partial charge in [-0.05, 0) is 53.9 Å². The normalized spacial score (nSPS) is 11.7. The molecule has 10 heteroatoms. The monoisotopic (exact) mass is 643 g/mol. The fourth-order valence-electron chi connectivity index (χ4n) is 5.04. The molecule has 0 aromatic heterocycles. The predicted molar refractivity (Wildman–Crippen MR) is 179 cm³/mol. The Morgan fingerprint density at radius 2 is 1.39 bits per heavy atom. The average molecular weight is 644 g/mol. The van der Waals surface area contributed by atoms with Crippen molar-refractivity contribution in [2.45, 2.75) is 43.7 Å². The topological polar surface area (TPSA) is 105 Å². The third-order valence-corrected chi connectivity index (χ3v) is 9.33. The zero-order valence-corrected chi connectivity index (χ0v) is 27.3. The second kappa shape index (κ2) is 16.5. The molecule has 0 saturated carbocycles. The number of benzene rings is 4. The number of ether oxygens (including phenoxy) is 2. The molecule has 0 heterocycles. The summed E-state index contributed by atoms with van der Waals surface area (Å²) in [5.41, 5.74) is 1.85. The van der Waals surface area contributed by atoms with Gasteiger partial charge >= 0.3 is 0 Å². The molecular formula is C36H41N3O6S. The van der Waals surface area contributed by atoms with Crippen LogP contribution >= 0.6 is 0 Å². The van der Waals surface area contributed by atoms with Crippen LogP contribution in [-0.2, 0) is 32.6 Å². The fraction of sp³-hybridized carbons (Fsp3) is 0.278. The molecule has 1 N–H and O–H groups in total. The van der Waals surface area contributed by atoms with E-state index in [0.29, 0.717) is 18.0 Å². The number of anilines is 1. The summed E-state index contributed by atoms with van der Waals surface area (Å²) in [6.07, 6.45) is 1.91. The number of sulfonamides is 1. The lowest BCUT2D eigenvalue weighted by Crippen LogP contribution is -2.53. The summed E-state index contributed by atoms with van der Waals surface area (Å²) in [5, 5.41) is 3.00. The van der Waals surface area contributed by atoms with Gasteiger partial charge in [-0.2, -0.15) is 0 Å². The Labute approximate surface area is 271 Å². The zero-order valence-electron chi connectivity index (χ0n) is 26.5. The van der Waals surface area contributed by atoms with Gasteiger partial charge in [0.05, 0.1) is 24.8 Å². The number of hydrogen-bond acceptors (Lipinski definition) is 6. The number of amides is 2. The van der Waals surface area contributed by atoms with E-state index in [4.69, 9.17) is 9.47 Å². The quantitative estimate of drug-likeness (QED) is 0.163. The zero-order chi connectivity index (χ0) is 32.9. The van der Waals surface area contributed by atoms with Gasteiger partial charge in [-0.15, -0.1) is 0 Å². The number of methoxy groups -OCH3 is 2. The molecular weight excluding hydrogens is 602 g/mol. The molecule has 4 rings (SSSR count). The maximum atomic E-state index is 14.6. The molecule has 0 aliphatic rings. The molecule has 242 valence electrons. The smallest absolute Gasteiger partial charge is 0.264 e. The number of rotatable bonds is 16. The first-order valence-electron chi connectivity index (χ1n) is 15.2. The molecule has 1 atom stereocenters. The molecule has 4 aromatic carbocycles. The molecule has 0 fully saturated rings. The molecule has 9 nitrogen and oxygen atoms in total. The van der Waals surface area contributed by atoms with Crippen LogP contribution in [0.3, 0.4) is 0 Å². The number of nitrogens with zero attached hydrogens (tertiary/aromatic N) is 2. The Balaban J connectivity index is 1.80. The van der Waals surface area contributed by atoms with Crippen molar-refractivity contribution in [3.05, 3.63) is 120 Å². The summed E-state index contributed by atoms with van der Waals surface area (Å²) in [6.45, 7) is 1.99. The lowest BCUT2D eigenvalue weighted by Gasteiger charge is -2.34. The van der Waals surface area contributed by atoms with Gasteiger partial charge in [-0.3, -0.25) is 13.9 Å².